The topological polar surface area (TPSA) is 32.7 Å². The number of nitrogens with zero attached hydrogens (tertiary/aromatic N) is 3. The lowest BCUT2D eigenvalue weighted by atomic mass is 9.34. The molecule has 2 aliphatic heterocycles. The van der Waals surface area contributed by atoms with Crippen molar-refractivity contribution in [1.29, 1.82) is 0 Å². The number of para-hydroxylation sites is 2. The summed E-state index contributed by atoms with van der Waals surface area (Å²) in [6.07, 6.45) is 0. The minimum Gasteiger partial charge on any atom is -0.458 e. The van der Waals surface area contributed by atoms with Crippen LogP contribution in [0.5, 0.6) is 23.0 Å². The fourth-order valence-corrected chi connectivity index (χ4v) is 13.2. The molecule has 13 aromatic rings. The lowest BCUT2D eigenvalue weighted by molar-refractivity contribution is 0.463. The van der Waals surface area contributed by atoms with Gasteiger partial charge in [-0.25, -0.2) is 0 Å². The molecule has 0 saturated heterocycles. The van der Waals surface area contributed by atoms with Crippen LogP contribution in [0, 0.1) is 0 Å². The van der Waals surface area contributed by atoms with Crippen LogP contribution in [0.2, 0.25) is 0 Å². The fraction of sp³-hybridized carbons (Fsp3) is 0.229. The average Bonchev–Trinajstić information content (AvgIpc) is 4.22. The third-order valence-corrected chi connectivity index (χ3v) is 17.3. The second kappa shape index (κ2) is 14.9. The molecule has 0 unspecified atom stereocenters. The Labute approximate surface area is 444 Å². The van der Waals surface area contributed by atoms with E-state index in [1.807, 2.05) is 0 Å². The van der Waals surface area contributed by atoms with Gasteiger partial charge in [0.25, 0.3) is 6.71 Å². The van der Waals surface area contributed by atoms with Gasteiger partial charge in [-0.2, -0.15) is 0 Å². The molecule has 0 aliphatic carbocycles. The van der Waals surface area contributed by atoms with Crippen LogP contribution in [0.1, 0.15) is 105 Å². The van der Waals surface area contributed by atoms with E-state index in [4.69, 9.17) is 9.47 Å². The SMILES string of the molecule is CC(C)(C)c1ccc2c(c1)B1c3cc(C(C)(C)C)ccc3Oc3cc(-n4c5ccc(-n6c7ccc(C(C)(C)C)cc7c7cc(C(C)(C)C)ccc76)cc5c5cc6c7ccccc7n7c8ccccc8c(c54)c67)cc(c31)O2. The van der Waals surface area contributed by atoms with Crippen LogP contribution in [-0.4, -0.2) is 20.2 Å². The molecule has 0 N–H and O–H groups in total. The van der Waals surface area contributed by atoms with Crippen LogP contribution in [0.15, 0.2) is 158 Å². The van der Waals surface area contributed by atoms with E-state index in [2.05, 4.69) is 254 Å². The first-order valence-electron chi connectivity index (χ1n) is 27.3. The molecule has 6 heterocycles. The Balaban J connectivity index is 1.05. The van der Waals surface area contributed by atoms with E-state index >= 15 is 0 Å². The second-order valence-corrected chi connectivity index (χ2v) is 26.2. The molecular weight excluding hydrogens is 926 g/mol. The molecule has 5 nitrogen and oxygen atoms in total. The van der Waals surface area contributed by atoms with Crippen molar-refractivity contribution in [3.63, 3.8) is 0 Å². The van der Waals surface area contributed by atoms with Crippen molar-refractivity contribution in [3.05, 3.63) is 180 Å². The number of rotatable bonds is 2. The van der Waals surface area contributed by atoms with E-state index in [0.29, 0.717) is 0 Å². The summed E-state index contributed by atoms with van der Waals surface area (Å²) in [5, 5.41) is 9.94. The molecule has 2 aliphatic rings. The van der Waals surface area contributed by atoms with Crippen molar-refractivity contribution in [1.82, 2.24) is 13.5 Å². The van der Waals surface area contributed by atoms with E-state index < -0.39 is 0 Å². The van der Waals surface area contributed by atoms with Crippen LogP contribution in [0.3, 0.4) is 0 Å². The lowest BCUT2D eigenvalue weighted by Gasteiger charge is -2.35. The highest BCUT2D eigenvalue weighted by atomic mass is 16.5. The molecule has 0 radical (unpaired) electrons. The highest BCUT2D eigenvalue weighted by Crippen LogP contribution is 2.49. The van der Waals surface area contributed by atoms with Crippen molar-refractivity contribution in [3.8, 4) is 34.4 Å². The maximum absolute atomic E-state index is 7.21. The van der Waals surface area contributed by atoms with E-state index in [0.717, 1.165) is 45.4 Å². The maximum Gasteiger partial charge on any atom is 0.260 e. The van der Waals surface area contributed by atoms with Gasteiger partial charge >= 0.3 is 0 Å². The zero-order valence-corrected chi connectivity index (χ0v) is 45.7. The minimum atomic E-state index is -0.0677. The normalized spacial score (nSPS) is 14.0. The van der Waals surface area contributed by atoms with E-state index in [-0.39, 0.29) is 28.4 Å². The second-order valence-electron chi connectivity index (χ2n) is 26.2. The summed E-state index contributed by atoms with van der Waals surface area (Å²) in [5.74, 6) is 3.44. The number of ether oxygens (including phenoxy) is 2. The fourth-order valence-electron chi connectivity index (χ4n) is 13.2. The number of hydrogen-bond acceptors (Lipinski definition) is 2. The molecule has 0 amide bonds. The molecule has 372 valence electrons. The molecule has 0 atom stereocenters. The summed E-state index contributed by atoms with van der Waals surface area (Å²) in [5.41, 5.74) is 19.1. The van der Waals surface area contributed by atoms with Gasteiger partial charge in [0.15, 0.2) is 0 Å². The Morgan fingerprint density at radius 1 is 0.329 bits per heavy atom. The first kappa shape index (κ1) is 45.4. The van der Waals surface area contributed by atoms with Crippen molar-refractivity contribution in [2.24, 2.45) is 0 Å². The largest absolute Gasteiger partial charge is 0.458 e. The Kier molecular flexibility index (Phi) is 8.91. The highest BCUT2D eigenvalue weighted by Gasteiger charge is 2.42. The molecule has 6 heteroatoms. The third kappa shape index (κ3) is 6.27. The quantitative estimate of drug-likeness (QED) is 0.162. The predicted molar refractivity (Wildman–Crippen MR) is 322 cm³/mol. The smallest absolute Gasteiger partial charge is 0.260 e. The zero-order chi connectivity index (χ0) is 52.3. The van der Waals surface area contributed by atoms with Crippen molar-refractivity contribution < 1.29 is 9.47 Å². The number of hydrogen-bond donors (Lipinski definition) is 0. The molecule has 0 spiro atoms. The average molecular weight is 988 g/mol. The molecule has 0 saturated carbocycles. The summed E-state index contributed by atoms with van der Waals surface area (Å²) in [7, 11) is 0. The van der Waals surface area contributed by atoms with Gasteiger partial charge in [0.2, 0.25) is 0 Å². The first-order valence-corrected chi connectivity index (χ1v) is 27.3. The molecule has 15 rings (SSSR count). The molecule has 9 aromatic carbocycles. The van der Waals surface area contributed by atoms with Gasteiger partial charge in [-0.3, -0.25) is 0 Å². The van der Waals surface area contributed by atoms with Gasteiger partial charge in [-0.05, 0) is 128 Å². The van der Waals surface area contributed by atoms with Gasteiger partial charge in [-0.15, -0.1) is 0 Å². The van der Waals surface area contributed by atoms with Gasteiger partial charge < -0.3 is 23.0 Å². The molecular formula is C70H62BN3O2. The Morgan fingerprint density at radius 3 is 1.33 bits per heavy atom. The van der Waals surface area contributed by atoms with E-state index in [9.17, 15) is 0 Å². The van der Waals surface area contributed by atoms with Crippen molar-refractivity contribution >= 4 is 105 Å². The monoisotopic (exact) mass is 987 g/mol. The zero-order valence-electron chi connectivity index (χ0n) is 45.7. The summed E-state index contributed by atoms with van der Waals surface area (Å²) in [6, 6.07) is 60.0. The highest BCUT2D eigenvalue weighted by molar-refractivity contribution is 6.98. The van der Waals surface area contributed by atoms with Crippen LogP contribution < -0.4 is 25.9 Å². The van der Waals surface area contributed by atoms with Gasteiger partial charge in [0.05, 0.1) is 44.3 Å². The van der Waals surface area contributed by atoms with Crippen molar-refractivity contribution in [2.75, 3.05) is 0 Å². The summed E-state index contributed by atoms with van der Waals surface area (Å²) in [4.78, 5) is 0. The summed E-state index contributed by atoms with van der Waals surface area (Å²) >= 11 is 0. The molecule has 4 aromatic heterocycles. The first-order chi connectivity index (χ1) is 36.2. The lowest BCUT2D eigenvalue weighted by Crippen LogP contribution is -2.57. The molecule has 76 heavy (non-hydrogen) atoms. The maximum atomic E-state index is 7.21. The van der Waals surface area contributed by atoms with E-state index in [1.54, 1.807) is 0 Å². The Hall–Kier alpha value is -7.96. The van der Waals surface area contributed by atoms with Crippen molar-refractivity contribution in [2.45, 2.75) is 105 Å². The number of benzene rings is 9. The van der Waals surface area contributed by atoms with Crippen LogP contribution >= 0.6 is 0 Å². The number of fused-ring (bicyclic) bond motifs is 17. The Bertz CT molecular complexity index is 4530. The number of aromatic nitrogens is 3. The third-order valence-electron chi connectivity index (χ3n) is 17.3. The van der Waals surface area contributed by atoms with Gasteiger partial charge in [0, 0.05) is 66.4 Å². The van der Waals surface area contributed by atoms with Crippen LogP contribution in [-0.2, 0) is 21.7 Å². The van der Waals surface area contributed by atoms with E-state index in [1.165, 1.54) is 109 Å². The van der Waals surface area contributed by atoms with Gasteiger partial charge in [-0.1, -0.05) is 156 Å². The predicted octanol–water partition coefficient (Wildman–Crippen LogP) is 16.9. The minimum absolute atomic E-state index is 0.00395. The molecule has 0 bridgehead atoms. The summed E-state index contributed by atoms with van der Waals surface area (Å²) in [6.45, 7) is 27.6. The van der Waals surface area contributed by atoms with Crippen LogP contribution in [0.25, 0.3) is 93.1 Å². The standard InChI is InChI=1S/C70H62BN3O2/c1-67(2,3)39-21-26-56-47(31-39)48-32-40(68(4,5)6)22-27-57(48)72(56)43-25-28-58-49(35-43)51-38-50-45-17-13-15-19-54(45)74-55-20-16-14-18-46(55)63(66(50)74)65(51)73(58)44-36-61-64-62(37-44)76-60-30-24-42(70(10,11)12)34-53(60)71(64)52-33-41(69(7,8)9)23-29-59(52)75-61/h13-38H,1-12H3. The Morgan fingerprint density at radius 2 is 0.776 bits per heavy atom. The summed E-state index contributed by atoms with van der Waals surface area (Å²) < 4.78 is 21.9. The molecule has 0 fully saturated rings. The van der Waals surface area contributed by atoms with Gasteiger partial charge in [0.1, 0.15) is 23.0 Å². The van der Waals surface area contributed by atoms with Crippen LogP contribution in [0.4, 0.5) is 0 Å².